The second-order valence-corrected chi connectivity index (χ2v) is 5.69. The van der Waals surface area contributed by atoms with Crippen LogP contribution in [0.1, 0.15) is 48.0 Å². The second kappa shape index (κ2) is 5.31. The standard InChI is InChI=1S/C11H16ClN3OS/c1-7(2)9-10(17-14-13-9)11(16)15(6-5-12)8-3-4-8/h7-8H,3-6H2,1-2H3. The zero-order chi connectivity index (χ0) is 12.4. The molecule has 1 amide bonds. The zero-order valence-electron chi connectivity index (χ0n) is 10.0. The summed E-state index contributed by atoms with van der Waals surface area (Å²) in [5.41, 5.74) is 0.806. The van der Waals surface area contributed by atoms with Gasteiger partial charge in [-0.25, -0.2) is 0 Å². The topological polar surface area (TPSA) is 46.1 Å². The Morgan fingerprint density at radius 3 is 2.82 bits per heavy atom. The number of hydrogen-bond acceptors (Lipinski definition) is 4. The summed E-state index contributed by atoms with van der Waals surface area (Å²) in [5.74, 6) is 0.752. The number of amides is 1. The summed E-state index contributed by atoms with van der Waals surface area (Å²) in [6.45, 7) is 4.66. The highest BCUT2D eigenvalue weighted by Crippen LogP contribution is 2.30. The fourth-order valence-corrected chi connectivity index (χ4v) is 2.74. The van der Waals surface area contributed by atoms with E-state index in [1.807, 2.05) is 18.7 Å². The van der Waals surface area contributed by atoms with Crippen molar-refractivity contribution >= 4 is 29.0 Å². The molecule has 1 aliphatic rings. The highest BCUT2D eigenvalue weighted by atomic mass is 35.5. The van der Waals surface area contributed by atoms with Crippen molar-refractivity contribution in [2.45, 2.75) is 38.6 Å². The molecule has 0 atom stereocenters. The third kappa shape index (κ3) is 2.77. The van der Waals surface area contributed by atoms with Gasteiger partial charge in [-0.1, -0.05) is 18.3 Å². The minimum absolute atomic E-state index is 0.0480. The molecular formula is C11H16ClN3OS. The van der Waals surface area contributed by atoms with Gasteiger partial charge in [-0.3, -0.25) is 4.79 Å². The minimum Gasteiger partial charge on any atom is -0.334 e. The molecule has 0 N–H and O–H groups in total. The molecule has 1 saturated carbocycles. The summed E-state index contributed by atoms with van der Waals surface area (Å²) in [4.78, 5) is 14.9. The summed E-state index contributed by atoms with van der Waals surface area (Å²) in [7, 11) is 0. The molecule has 1 heterocycles. The van der Waals surface area contributed by atoms with Gasteiger partial charge < -0.3 is 4.90 Å². The van der Waals surface area contributed by atoms with E-state index in [0.717, 1.165) is 18.5 Å². The monoisotopic (exact) mass is 273 g/mol. The number of rotatable bonds is 5. The Hall–Kier alpha value is -0.680. The van der Waals surface area contributed by atoms with Crippen LogP contribution in [-0.4, -0.2) is 38.9 Å². The van der Waals surface area contributed by atoms with Crippen LogP contribution in [0, 0.1) is 0 Å². The van der Waals surface area contributed by atoms with E-state index < -0.39 is 0 Å². The van der Waals surface area contributed by atoms with Gasteiger partial charge in [-0.15, -0.1) is 16.7 Å². The van der Waals surface area contributed by atoms with E-state index in [-0.39, 0.29) is 11.8 Å². The van der Waals surface area contributed by atoms with Gasteiger partial charge in [0.1, 0.15) is 4.88 Å². The largest absolute Gasteiger partial charge is 0.334 e. The van der Waals surface area contributed by atoms with Crippen molar-refractivity contribution in [3.8, 4) is 0 Å². The predicted octanol–water partition coefficient (Wildman–Crippen LogP) is 2.50. The molecule has 2 rings (SSSR count). The first-order valence-corrected chi connectivity index (χ1v) is 7.15. The van der Waals surface area contributed by atoms with Crippen molar-refractivity contribution in [1.82, 2.24) is 14.5 Å². The van der Waals surface area contributed by atoms with E-state index in [9.17, 15) is 4.79 Å². The average Bonchev–Trinajstić information content (AvgIpc) is 3.00. The minimum atomic E-state index is 0.0480. The molecule has 1 aromatic rings. The summed E-state index contributed by atoms with van der Waals surface area (Å²) in [5, 5.41) is 4.05. The van der Waals surface area contributed by atoms with Crippen molar-refractivity contribution in [2.24, 2.45) is 0 Å². The first kappa shape index (κ1) is 12.8. The highest BCUT2D eigenvalue weighted by molar-refractivity contribution is 7.08. The predicted molar refractivity (Wildman–Crippen MR) is 68.8 cm³/mol. The molecule has 0 unspecified atom stereocenters. The average molecular weight is 274 g/mol. The van der Waals surface area contributed by atoms with Crippen molar-refractivity contribution in [2.75, 3.05) is 12.4 Å². The summed E-state index contributed by atoms with van der Waals surface area (Å²) < 4.78 is 3.90. The summed E-state index contributed by atoms with van der Waals surface area (Å²) in [6.07, 6.45) is 2.18. The normalized spacial score (nSPS) is 15.3. The Morgan fingerprint density at radius 2 is 2.29 bits per heavy atom. The Morgan fingerprint density at radius 1 is 1.59 bits per heavy atom. The quantitative estimate of drug-likeness (QED) is 0.775. The molecule has 0 radical (unpaired) electrons. The lowest BCUT2D eigenvalue weighted by Gasteiger charge is -2.20. The number of alkyl halides is 1. The maximum atomic E-state index is 12.4. The first-order chi connectivity index (χ1) is 8.15. The maximum Gasteiger partial charge on any atom is 0.267 e. The van der Waals surface area contributed by atoms with Gasteiger partial charge in [0.2, 0.25) is 0 Å². The lowest BCUT2D eigenvalue weighted by molar-refractivity contribution is 0.0757. The summed E-state index contributed by atoms with van der Waals surface area (Å²) >= 11 is 6.94. The van der Waals surface area contributed by atoms with Gasteiger partial charge >= 0.3 is 0 Å². The molecule has 0 bridgehead atoms. The van der Waals surface area contributed by atoms with Crippen LogP contribution in [0.5, 0.6) is 0 Å². The third-order valence-corrected chi connectivity index (χ3v) is 3.73. The van der Waals surface area contributed by atoms with Crippen LogP contribution < -0.4 is 0 Å². The molecule has 6 heteroatoms. The van der Waals surface area contributed by atoms with Crippen LogP contribution in [0.2, 0.25) is 0 Å². The van der Waals surface area contributed by atoms with Crippen molar-refractivity contribution in [1.29, 1.82) is 0 Å². The first-order valence-electron chi connectivity index (χ1n) is 5.84. The van der Waals surface area contributed by atoms with Gasteiger partial charge in [0.15, 0.2) is 0 Å². The SMILES string of the molecule is CC(C)c1nnsc1C(=O)N(CCCl)C1CC1. The van der Waals surface area contributed by atoms with E-state index in [0.29, 0.717) is 23.3 Å². The molecular weight excluding hydrogens is 258 g/mol. The fourth-order valence-electron chi connectivity index (χ4n) is 1.78. The highest BCUT2D eigenvalue weighted by Gasteiger charge is 2.34. The molecule has 1 aliphatic carbocycles. The number of nitrogens with zero attached hydrogens (tertiary/aromatic N) is 3. The molecule has 0 aliphatic heterocycles. The number of aromatic nitrogens is 2. The number of halogens is 1. The van der Waals surface area contributed by atoms with Gasteiger partial charge in [0, 0.05) is 18.5 Å². The van der Waals surface area contributed by atoms with E-state index in [1.54, 1.807) is 0 Å². The fraction of sp³-hybridized carbons (Fsp3) is 0.727. The maximum absolute atomic E-state index is 12.4. The van der Waals surface area contributed by atoms with E-state index in [1.165, 1.54) is 11.5 Å². The van der Waals surface area contributed by atoms with Crippen LogP contribution in [0.25, 0.3) is 0 Å². The number of hydrogen-bond donors (Lipinski definition) is 0. The Bertz CT molecular complexity index is 403. The molecule has 0 saturated heterocycles. The smallest absolute Gasteiger partial charge is 0.267 e. The van der Waals surface area contributed by atoms with Gasteiger partial charge in [0.25, 0.3) is 5.91 Å². The van der Waals surface area contributed by atoms with Crippen LogP contribution >= 0.6 is 23.1 Å². The van der Waals surface area contributed by atoms with E-state index >= 15 is 0 Å². The van der Waals surface area contributed by atoms with Crippen LogP contribution in [0.3, 0.4) is 0 Å². The third-order valence-electron chi connectivity index (χ3n) is 2.83. The Balaban J connectivity index is 2.19. The van der Waals surface area contributed by atoms with E-state index in [2.05, 4.69) is 9.59 Å². The molecule has 1 fully saturated rings. The molecule has 0 spiro atoms. The van der Waals surface area contributed by atoms with Gasteiger partial charge in [-0.2, -0.15) is 0 Å². The lowest BCUT2D eigenvalue weighted by Crippen LogP contribution is -2.34. The van der Waals surface area contributed by atoms with Crippen molar-refractivity contribution in [3.63, 3.8) is 0 Å². The van der Waals surface area contributed by atoms with Gasteiger partial charge in [0.05, 0.1) is 5.69 Å². The Kier molecular flexibility index (Phi) is 3.99. The van der Waals surface area contributed by atoms with Crippen molar-refractivity contribution in [3.05, 3.63) is 10.6 Å². The summed E-state index contributed by atoms with van der Waals surface area (Å²) in [6, 6.07) is 0.378. The number of carbonyl (C=O) groups is 1. The second-order valence-electron chi connectivity index (χ2n) is 4.56. The van der Waals surface area contributed by atoms with Crippen LogP contribution in [0.15, 0.2) is 0 Å². The molecule has 1 aromatic heterocycles. The van der Waals surface area contributed by atoms with Gasteiger partial charge in [-0.05, 0) is 30.3 Å². The van der Waals surface area contributed by atoms with Crippen LogP contribution in [-0.2, 0) is 0 Å². The number of carbonyl (C=O) groups excluding carboxylic acids is 1. The molecule has 17 heavy (non-hydrogen) atoms. The molecule has 0 aromatic carbocycles. The molecule has 4 nitrogen and oxygen atoms in total. The van der Waals surface area contributed by atoms with Crippen molar-refractivity contribution < 1.29 is 4.79 Å². The van der Waals surface area contributed by atoms with E-state index in [4.69, 9.17) is 11.6 Å². The van der Waals surface area contributed by atoms with Crippen LogP contribution in [0.4, 0.5) is 0 Å². The zero-order valence-corrected chi connectivity index (χ0v) is 11.6. The molecule has 94 valence electrons. The lowest BCUT2D eigenvalue weighted by atomic mass is 10.1. The Labute approximate surface area is 110 Å².